The van der Waals surface area contributed by atoms with E-state index in [-0.39, 0.29) is 0 Å². The minimum absolute atomic E-state index is 0.399. The topological polar surface area (TPSA) is 45.7 Å². The smallest absolute Gasteiger partial charge is 0.341 e. The minimum atomic E-state index is -1.20. The number of carbonyl (C=O) groups excluding carboxylic acids is 1. The molecule has 0 radical (unpaired) electrons. The summed E-state index contributed by atoms with van der Waals surface area (Å²) in [4.78, 5) is 21.7. The number of esters is 1. The standard InChI is InChI=1S/C25H26ClN3O2/c1-5-29(6-2)18-11-9-17(10-12-18)25(21-14-13-19(28(3)4)16-22(21)26)23-20(24(30)31-25)8-7-15-27-23/h7-16H,5-6H2,1-4H3. The number of anilines is 2. The molecule has 0 saturated carbocycles. The predicted molar refractivity (Wildman–Crippen MR) is 125 cm³/mol. The number of rotatable bonds is 6. The lowest BCUT2D eigenvalue weighted by molar-refractivity contribution is 0.0244. The number of nitrogens with zero attached hydrogens (tertiary/aromatic N) is 3. The van der Waals surface area contributed by atoms with Crippen molar-refractivity contribution in [3.63, 3.8) is 0 Å². The Balaban J connectivity index is 1.94. The monoisotopic (exact) mass is 435 g/mol. The van der Waals surface area contributed by atoms with Crippen LogP contribution in [0.5, 0.6) is 0 Å². The van der Waals surface area contributed by atoms with Gasteiger partial charge in [0.05, 0.1) is 10.6 Å². The van der Waals surface area contributed by atoms with Gasteiger partial charge in [-0.1, -0.05) is 29.8 Å². The number of carbonyl (C=O) groups is 1. The molecule has 1 aromatic heterocycles. The summed E-state index contributed by atoms with van der Waals surface area (Å²) < 4.78 is 6.11. The van der Waals surface area contributed by atoms with E-state index in [0.717, 1.165) is 30.0 Å². The van der Waals surface area contributed by atoms with Gasteiger partial charge in [0.2, 0.25) is 5.60 Å². The van der Waals surface area contributed by atoms with Crippen LogP contribution in [-0.4, -0.2) is 38.1 Å². The lowest BCUT2D eigenvalue weighted by Gasteiger charge is -2.31. The Morgan fingerprint density at radius 1 is 1.00 bits per heavy atom. The first kappa shape index (κ1) is 21.2. The van der Waals surface area contributed by atoms with Gasteiger partial charge in [-0.15, -0.1) is 0 Å². The molecule has 31 heavy (non-hydrogen) atoms. The molecule has 0 N–H and O–H groups in total. The highest BCUT2D eigenvalue weighted by Crippen LogP contribution is 2.48. The van der Waals surface area contributed by atoms with E-state index in [4.69, 9.17) is 16.3 Å². The molecule has 1 aliphatic heterocycles. The molecule has 0 aliphatic carbocycles. The number of halogens is 1. The summed E-state index contributed by atoms with van der Waals surface area (Å²) in [6.07, 6.45) is 1.68. The Hall–Kier alpha value is -3.05. The van der Waals surface area contributed by atoms with E-state index >= 15 is 0 Å². The van der Waals surface area contributed by atoms with E-state index in [9.17, 15) is 4.79 Å². The van der Waals surface area contributed by atoms with Gasteiger partial charge in [0.15, 0.2) is 0 Å². The fourth-order valence-corrected chi connectivity index (χ4v) is 4.50. The number of pyridine rings is 1. The van der Waals surface area contributed by atoms with Gasteiger partial charge in [-0.25, -0.2) is 4.79 Å². The molecule has 1 atom stereocenters. The molecular weight excluding hydrogens is 410 g/mol. The van der Waals surface area contributed by atoms with Crippen LogP contribution in [0, 0.1) is 0 Å². The maximum atomic E-state index is 12.9. The van der Waals surface area contributed by atoms with Gasteiger partial charge < -0.3 is 14.5 Å². The Kier molecular flexibility index (Phi) is 5.63. The number of ether oxygens (including phenoxy) is 1. The zero-order valence-electron chi connectivity index (χ0n) is 18.2. The van der Waals surface area contributed by atoms with Crippen molar-refractivity contribution in [1.82, 2.24) is 4.98 Å². The van der Waals surface area contributed by atoms with Crippen LogP contribution in [-0.2, 0) is 10.3 Å². The lowest BCUT2D eigenvalue weighted by Crippen LogP contribution is -2.31. The molecule has 6 heteroatoms. The molecular formula is C25H26ClN3O2. The highest BCUT2D eigenvalue weighted by molar-refractivity contribution is 6.32. The van der Waals surface area contributed by atoms with Crippen molar-refractivity contribution >= 4 is 28.9 Å². The largest absolute Gasteiger partial charge is 0.439 e. The molecule has 0 spiro atoms. The van der Waals surface area contributed by atoms with Crippen molar-refractivity contribution in [1.29, 1.82) is 0 Å². The molecule has 160 valence electrons. The van der Waals surface area contributed by atoms with E-state index in [1.54, 1.807) is 18.3 Å². The SMILES string of the molecule is CCN(CC)c1ccc(C2(c3ccc(N(C)C)cc3Cl)OC(=O)c3cccnc32)cc1. The first-order valence-corrected chi connectivity index (χ1v) is 10.8. The summed E-state index contributed by atoms with van der Waals surface area (Å²) in [5.41, 5.74) is 3.42. The van der Waals surface area contributed by atoms with Crippen LogP contribution in [0.25, 0.3) is 0 Å². The molecule has 0 saturated heterocycles. The van der Waals surface area contributed by atoms with Gasteiger partial charge in [-0.2, -0.15) is 0 Å². The number of fused-ring (bicyclic) bond motifs is 1. The maximum Gasteiger partial charge on any atom is 0.341 e. The summed E-state index contributed by atoms with van der Waals surface area (Å²) in [6.45, 7) is 6.09. The molecule has 5 nitrogen and oxygen atoms in total. The zero-order valence-corrected chi connectivity index (χ0v) is 19.0. The van der Waals surface area contributed by atoms with Crippen LogP contribution < -0.4 is 9.80 Å². The van der Waals surface area contributed by atoms with Crippen LogP contribution >= 0.6 is 11.6 Å². The normalized spacial score (nSPS) is 17.3. The van der Waals surface area contributed by atoms with Crippen LogP contribution in [0.4, 0.5) is 11.4 Å². The second-order valence-corrected chi connectivity index (χ2v) is 8.16. The number of aromatic nitrogens is 1. The Bertz CT molecular complexity index is 1110. The van der Waals surface area contributed by atoms with E-state index < -0.39 is 11.6 Å². The molecule has 0 fully saturated rings. The third-order valence-corrected chi connectivity index (χ3v) is 6.17. The van der Waals surface area contributed by atoms with Crippen LogP contribution in [0.1, 0.15) is 41.0 Å². The first-order valence-electron chi connectivity index (χ1n) is 10.4. The molecule has 1 aliphatic rings. The maximum absolute atomic E-state index is 12.9. The summed E-state index contributed by atoms with van der Waals surface area (Å²) in [5.74, 6) is -0.399. The van der Waals surface area contributed by atoms with Gasteiger partial charge in [-0.05, 0) is 50.2 Å². The highest BCUT2D eigenvalue weighted by Gasteiger charge is 2.51. The van der Waals surface area contributed by atoms with E-state index in [1.165, 1.54) is 0 Å². The van der Waals surface area contributed by atoms with Crippen LogP contribution in [0.15, 0.2) is 60.8 Å². The van der Waals surface area contributed by atoms with Gasteiger partial charge in [0.1, 0.15) is 5.69 Å². The molecule has 4 rings (SSSR count). The summed E-state index contributed by atoms with van der Waals surface area (Å²) in [7, 11) is 3.92. The van der Waals surface area contributed by atoms with Gasteiger partial charge >= 0.3 is 5.97 Å². The van der Waals surface area contributed by atoms with Crippen molar-refractivity contribution in [3.8, 4) is 0 Å². The quantitative estimate of drug-likeness (QED) is 0.503. The third kappa shape index (κ3) is 3.43. The second kappa shape index (κ2) is 8.23. The van der Waals surface area contributed by atoms with Gasteiger partial charge in [0, 0.05) is 55.9 Å². The Labute approximate surface area is 188 Å². The summed E-state index contributed by atoms with van der Waals surface area (Å²) in [6, 6.07) is 17.4. The fourth-order valence-electron chi connectivity index (χ4n) is 4.19. The Morgan fingerprint density at radius 3 is 2.29 bits per heavy atom. The predicted octanol–water partition coefficient (Wildman–Crippen LogP) is 5.11. The number of benzene rings is 2. The Morgan fingerprint density at radius 2 is 1.68 bits per heavy atom. The lowest BCUT2D eigenvalue weighted by atomic mass is 9.82. The van der Waals surface area contributed by atoms with Crippen molar-refractivity contribution in [2.75, 3.05) is 37.0 Å². The van der Waals surface area contributed by atoms with Crippen molar-refractivity contribution in [3.05, 3.63) is 88.2 Å². The zero-order chi connectivity index (χ0) is 22.2. The number of hydrogen-bond donors (Lipinski definition) is 0. The first-order chi connectivity index (χ1) is 14.9. The van der Waals surface area contributed by atoms with E-state index in [1.807, 2.05) is 49.3 Å². The fraction of sp³-hybridized carbons (Fsp3) is 0.280. The van der Waals surface area contributed by atoms with Crippen molar-refractivity contribution < 1.29 is 9.53 Å². The van der Waals surface area contributed by atoms with Crippen LogP contribution in [0.2, 0.25) is 5.02 Å². The third-order valence-electron chi connectivity index (χ3n) is 5.86. The molecule has 1 unspecified atom stereocenters. The number of cyclic esters (lactones) is 1. The number of hydrogen-bond acceptors (Lipinski definition) is 5. The van der Waals surface area contributed by atoms with Crippen molar-refractivity contribution in [2.45, 2.75) is 19.4 Å². The molecule has 2 aromatic carbocycles. The van der Waals surface area contributed by atoms with Crippen molar-refractivity contribution in [2.24, 2.45) is 0 Å². The summed E-state index contributed by atoms with van der Waals surface area (Å²) >= 11 is 6.78. The summed E-state index contributed by atoms with van der Waals surface area (Å²) in [5, 5.41) is 0.519. The molecule has 0 amide bonds. The van der Waals surface area contributed by atoms with E-state index in [2.05, 4.69) is 35.9 Å². The molecule has 2 heterocycles. The highest BCUT2D eigenvalue weighted by atomic mass is 35.5. The average Bonchev–Trinajstić information content (AvgIpc) is 3.08. The van der Waals surface area contributed by atoms with Gasteiger partial charge in [0.25, 0.3) is 0 Å². The average molecular weight is 436 g/mol. The molecule has 0 bridgehead atoms. The van der Waals surface area contributed by atoms with Gasteiger partial charge in [-0.3, -0.25) is 4.98 Å². The van der Waals surface area contributed by atoms with E-state index in [0.29, 0.717) is 21.8 Å². The van der Waals surface area contributed by atoms with Crippen LogP contribution in [0.3, 0.4) is 0 Å². The second-order valence-electron chi connectivity index (χ2n) is 7.75. The minimum Gasteiger partial charge on any atom is -0.439 e. The molecule has 3 aromatic rings.